The Morgan fingerprint density at radius 2 is 1.97 bits per heavy atom. The molecule has 0 bridgehead atoms. The topological polar surface area (TPSA) is 102 Å². The molecule has 1 aliphatic rings. The van der Waals surface area contributed by atoms with Crippen molar-refractivity contribution in [2.75, 3.05) is 38.3 Å². The molecule has 1 unspecified atom stereocenters. The molecule has 0 spiro atoms. The molecule has 1 amide bonds. The highest BCUT2D eigenvalue weighted by Gasteiger charge is 2.26. The monoisotopic (exact) mass is 473 g/mol. The number of benzene rings is 2. The second-order valence-electron chi connectivity index (χ2n) is 8.40. The number of pyridine rings is 1. The first kappa shape index (κ1) is 22.7. The van der Waals surface area contributed by atoms with Crippen molar-refractivity contribution in [2.24, 2.45) is 0 Å². The maximum Gasteiger partial charge on any atom is 0.404 e. The summed E-state index contributed by atoms with van der Waals surface area (Å²) in [5.74, 6) is 0.811. The highest BCUT2D eigenvalue weighted by molar-refractivity contribution is 5.98. The number of nitrogens with one attached hydrogen (secondary N) is 1. The van der Waals surface area contributed by atoms with E-state index in [1.165, 1.54) is 0 Å². The number of rotatable bonds is 7. The van der Waals surface area contributed by atoms with Crippen LogP contribution in [0.2, 0.25) is 0 Å². The summed E-state index contributed by atoms with van der Waals surface area (Å²) in [6.45, 7) is 2.56. The van der Waals surface area contributed by atoms with Crippen LogP contribution in [-0.4, -0.2) is 65.4 Å². The standard InChI is InChI=1S/C26H27N5O4/c1-34-20-9-7-18(8-10-20)16-31-25-23(15-29-31)24(22(14-27-25)19-5-3-2-4-6-19)30-11-12-35-21(17-30)13-28-26(32)33/h2-10,14-15,21,28H,11-13,16-17H2,1H3,(H,32,33). The third-order valence-corrected chi connectivity index (χ3v) is 6.15. The molecule has 2 N–H and O–H groups in total. The second kappa shape index (κ2) is 10.0. The molecule has 1 atom stereocenters. The summed E-state index contributed by atoms with van der Waals surface area (Å²) >= 11 is 0. The molecule has 0 radical (unpaired) electrons. The summed E-state index contributed by atoms with van der Waals surface area (Å²) in [5.41, 5.74) is 4.99. The van der Waals surface area contributed by atoms with E-state index in [4.69, 9.17) is 19.6 Å². The lowest BCUT2D eigenvalue weighted by Gasteiger charge is -2.35. The molecule has 1 aliphatic heterocycles. The minimum Gasteiger partial charge on any atom is -0.497 e. The Morgan fingerprint density at radius 1 is 1.17 bits per heavy atom. The van der Waals surface area contributed by atoms with Crippen LogP contribution < -0.4 is 15.0 Å². The summed E-state index contributed by atoms with van der Waals surface area (Å²) in [4.78, 5) is 18.1. The largest absolute Gasteiger partial charge is 0.497 e. The highest BCUT2D eigenvalue weighted by Crippen LogP contribution is 2.37. The van der Waals surface area contributed by atoms with Gasteiger partial charge in [-0.2, -0.15) is 5.10 Å². The molecule has 35 heavy (non-hydrogen) atoms. The number of fused-ring (bicyclic) bond motifs is 1. The Hall–Kier alpha value is -4.11. The van der Waals surface area contributed by atoms with E-state index in [1.54, 1.807) is 7.11 Å². The van der Waals surface area contributed by atoms with Crippen LogP contribution in [0.15, 0.2) is 67.0 Å². The van der Waals surface area contributed by atoms with Crippen LogP contribution >= 0.6 is 0 Å². The number of carbonyl (C=O) groups is 1. The molecule has 2 aromatic carbocycles. The van der Waals surface area contributed by atoms with Gasteiger partial charge in [-0.25, -0.2) is 14.5 Å². The summed E-state index contributed by atoms with van der Waals surface area (Å²) in [5, 5.41) is 17.1. The Kier molecular flexibility index (Phi) is 6.49. The number of methoxy groups -OCH3 is 1. The lowest BCUT2D eigenvalue weighted by Crippen LogP contribution is -2.47. The zero-order valence-corrected chi connectivity index (χ0v) is 19.4. The molecule has 180 valence electrons. The molecule has 9 nitrogen and oxygen atoms in total. The summed E-state index contributed by atoms with van der Waals surface area (Å²) in [6.07, 6.45) is 2.47. The van der Waals surface area contributed by atoms with E-state index in [-0.39, 0.29) is 12.6 Å². The van der Waals surface area contributed by atoms with Crippen LogP contribution in [0.4, 0.5) is 10.5 Å². The lowest BCUT2D eigenvalue weighted by atomic mass is 10.0. The molecule has 9 heteroatoms. The van der Waals surface area contributed by atoms with Gasteiger partial charge in [0.25, 0.3) is 0 Å². The van der Waals surface area contributed by atoms with Gasteiger partial charge in [0.2, 0.25) is 0 Å². The quantitative estimate of drug-likeness (QED) is 0.423. The average molecular weight is 474 g/mol. The van der Waals surface area contributed by atoms with Gasteiger partial charge in [0.1, 0.15) is 5.75 Å². The minimum absolute atomic E-state index is 0.234. The third-order valence-electron chi connectivity index (χ3n) is 6.15. The molecule has 2 aromatic heterocycles. The van der Waals surface area contributed by atoms with Crippen molar-refractivity contribution in [1.82, 2.24) is 20.1 Å². The predicted molar refractivity (Wildman–Crippen MR) is 133 cm³/mol. The first-order valence-electron chi connectivity index (χ1n) is 11.5. The van der Waals surface area contributed by atoms with E-state index >= 15 is 0 Å². The zero-order chi connectivity index (χ0) is 24.2. The van der Waals surface area contributed by atoms with Crippen molar-refractivity contribution >= 4 is 22.8 Å². The fourth-order valence-electron chi connectivity index (χ4n) is 4.45. The molecule has 0 saturated carbocycles. The van der Waals surface area contributed by atoms with Crippen LogP contribution in [0.1, 0.15) is 5.56 Å². The fraction of sp³-hybridized carbons (Fsp3) is 0.269. The van der Waals surface area contributed by atoms with Gasteiger partial charge in [-0.05, 0) is 23.3 Å². The molecular formula is C26H27N5O4. The number of amides is 1. The van der Waals surface area contributed by atoms with Crippen LogP contribution in [0.3, 0.4) is 0 Å². The second-order valence-corrected chi connectivity index (χ2v) is 8.40. The smallest absolute Gasteiger partial charge is 0.404 e. The van der Waals surface area contributed by atoms with Gasteiger partial charge in [-0.1, -0.05) is 42.5 Å². The molecule has 5 rings (SSSR count). The zero-order valence-electron chi connectivity index (χ0n) is 19.4. The van der Waals surface area contributed by atoms with E-state index in [1.807, 2.05) is 59.5 Å². The average Bonchev–Trinajstić information content (AvgIpc) is 3.30. The number of aromatic nitrogens is 3. The van der Waals surface area contributed by atoms with Gasteiger partial charge in [-0.3, -0.25) is 0 Å². The first-order valence-corrected chi connectivity index (χ1v) is 11.5. The summed E-state index contributed by atoms with van der Waals surface area (Å²) < 4.78 is 13.0. The van der Waals surface area contributed by atoms with Crippen molar-refractivity contribution < 1.29 is 19.4 Å². The van der Waals surface area contributed by atoms with Crippen LogP contribution in [-0.2, 0) is 11.3 Å². The summed E-state index contributed by atoms with van der Waals surface area (Å²) in [6, 6.07) is 18.1. The number of hydrogen-bond donors (Lipinski definition) is 2. The van der Waals surface area contributed by atoms with Crippen LogP contribution in [0.25, 0.3) is 22.2 Å². The van der Waals surface area contributed by atoms with Gasteiger partial charge in [0, 0.05) is 31.4 Å². The molecular weight excluding hydrogens is 446 g/mol. The fourth-order valence-corrected chi connectivity index (χ4v) is 4.45. The molecule has 3 heterocycles. The Morgan fingerprint density at radius 3 is 2.71 bits per heavy atom. The van der Waals surface area contributed by atoms with Gasteiger partial charge in [0.05, 0.1) is 43.6 Å². The number of anilines is 1. The Labute approximate surface area is 202 Å². The van der Waals surface area contributed by atoms with E-state index in [9.17, 15) is 4.79 Å². The van der Waals surface area contributed by atoms with Crippen molar-refractivity contribution in [3.8, 4) is 16.9 Å². The number of morpholine rings is 1. The number of ether oxygens (including phenoxy) is 2. The van der Waals surface area contributed by atoms with Crippen molar-refractivity contribution in [3.63, 3.8) is 0 Å². The number of nitrogens with zero attached hydrogens (tertiary/aromatic N) is 4. The number of hydrogen-bond acceptors (Lipinski definition) is 6. The lowest BCUT2D eigenvalue weighted by molar-refractivity contribution is 0.0412. The minimum atomic E-state index is -1.05. The van der Waals surface area contributed by atoms with Gasteiger partial charge in [0.15, 0.2) is 5.65 Å². The van der Waals surface area contributed by atoms with Gasteiger partial charge in [-0.15, -0.1) is 0 Å². The number of carboxylic acid groups (broad SMARTS) is 1. The summed E-state index contributed by atoms with van der Waals surface area (Å²) in [7, 11) is 1.65. The van der Waals surface area contributed by atoms with Crippen LogP contribution in [0.5, 0.6) is 5.75 Å². The molecule has 0 aliphatic carbocycles. The van der Waals surface area contributed by atoms with E-state index < -0.39 is 6.09 Å². The van der Waals surface area contributed by atoms with E-state index in [2.05, 4.69) is 27.4 Å². The first-order chi connectivity index (χ1) is 17.1. The Bertz CT molecular complexity index is 1310. The molecule has 4 aromatic rings. The van der Waals surface area contributed by atoms with E-state index in [0.29, 0.717) is 26.2 Å². The maximum atomic E-state index is 11.0. The van der Waals surface area contributed by atoms with Crippen molar-refractivity contribution in [1.29, 1.82) is 0 Å². The van der Waals surface area contributed by atoms with Crippen molar-refractivity contribution in [2.45, 2.75) is 12.6 Å². The van der Waals surface area contributed by atoms with Crippen LogP contribution in [0, 0.1) is 0 Å². The molecule has 1 saturated heterocycles. The Balaban J connectivity index is 1.53. The van der Waals surface area contributed by atoms with Crippen molar-refractivity contribution in [3.05, 3.63) is 72.6 Å². The van der Waals surface area contributed by atoms with Gasteiger partial charge < -0.3 is 24.8 Å². The predicted octanol–water partition coefficient (Wildman–Crippen LogP) is 3.63. The third kappa shape index (κ3) is 4.90. The normalized spacial score (nSPS) is 15.8. The van der Waals surface area contributed by atoms with E-state index in [0.717, 1.165) is 39.2 Å². The SMILES string of the molecule is COc1ccc(Cn2ncc3c(N4CCOC(CNC(=O)O)C4)c(-c4ccccc4)cnc32)cc1. The highest BCUT2D eigenvalue weighted by atomic mass is 16.5. The maximum absolute atomic E-state index is 11.0. The van der Waals surface area contributed by atoms with Gasteiger partial charge >= 0.3 is 6.09 Å². The molecule has 1 fully saturated rings.